The van der Waals surface area contributed by atoms with Gasteiger partial charge in [-0.2, -0.15) is 13.2 Å². The number of halogens is 5. The molecule has 0 aliphatic heterocycles. The highest BCUT2D eigenvalue weighted by Gasteiger charge is 2.34. The van der Waals surface area contributed by atoms with Crippen LogP contribution in [0.2, 0.25) is 0 Å². The number of nitrogens with zero attached hydrogens (tertiary/aromatic N) is 1. The van der Waals surface area contributed by atoms with Crippen LogP contribution in [0.5, 0.6) is 0 Å². The van der Waals surface area contributed by atoms with E-state index < -0.39 is 23.1 Å². The van der Waals surface area contributed by atoms with Gasteiger partial charge in [-0.05, 0) is 28.1 Å². The van der Waals surface area contributed by atoms with Crippen molar-refractivity contribution in [2.24, 2.45) is 5.16 Å². The van der Waals surface area contributed by atoms with Gasteiger partial charge in [0.25, 0.3) is 0 Å². The highest BCUT2D eigenvalue weighted by Crippen LogP contribution is 2.34. The molecule has 0 atom stereocenters. The molecule has 0 heterocycles. The van der Waals surface area contributed by atoms with E-state index in [9.17, 15) is 17.6 Å². The summed E-state index contributed by atoms with van der Waals surface area (Å²) in [5.41, 5.74) is -2.00. The number of hydrogen-bond donors (Lipinski definition) is 1. The van der Waals surface area contributed by atoms with E-state index in [1.54, 1.807) is 0 Å². The lowest BCUT2D eigenvalue weighted by Gasteiger charge is -2.10. The van der Waals surface area contributed by atoms with Gasteiger partial charge >= 0.3 is 6.18 Å². The van der Waals surface area contributed by atoms with E-state index in [0.29, 0.717) is 12.3 Å². The van der Waals surface area contributed by atoms with Gasteiger partial charge in [-0.15, -0.1) is 0 Å². The second-order valence-corrected chi connectivity index (χ2v) is 3.42. The number of alkyl halides is 3. The summed E-state index contributed by atoms with van der Waals surface area (Å²) in [7, 11) is 0. The Labute approximate surface area is 90.3 Å². The maximum atomic E-state index is 13.2. The summed E-state index contributed by atoms with van der Waals surface area (Å²) in [6, 6.07) is 1.64. The number of hydrogen-bond acceptors (Lipinski definition) is 2. The van der Waals surface area contributed by atoms with Crippen molar-refractivity contribution in [3.05, 3.63) is 33.5 Å². The van der Waals surface area contributed by atoms with Gasteiger partial charge in [-0.3, -0.25) is 0 Å². The molecular formula is C8H4BrF4NO. The summed E-state index contributed by atoms with van der Waals surface area (Å²) in [6.45, 7) is 0. The molecule has 2 nitrogen and oxygen atoms in total. The van der Waals surface area contributed by atoms with Gasteiger partial charge in [0.05, 0.1) is 16.3 Å². The molecule has 0 amide bonds. The van der Waals surface area contributed by atoms with Crippen LogP contribution in [0.1, 0.15) is 11.1 Å². The summed E-state index contributed by atoms with van der Waals surface area (Å²) in [5.74, 6) is -1.12. The van der Waals surface area contributed by atoms with Crippen molar-refractivity contribution in [1.29, 1.82) is 0 Å². The van der Waals surface area contributed by atoms with Crippen LogP contribution in [-0.2, 0) is 6.18 Å². The number of rotatable bonds is 1. The highest BCUT2D eigenvalue weighted by atomic mass is 79.9. The summed E-state index contributed by atoms with van der Waals surface area (Å²) < 4.78 is 50.2. The SMILES string of the molecule is O/N=C/c1c(C(F)(F)F)ccc(Br)c1F. The standard InChI is InChI=1S/C8H4BrF4NO/c9-6-2-1-5(8(11,12)13)4(3-14-15)7(6)10/h1-3,15H/b14-3+. The second-order valence-electron chi connectivity index (χ2n) is 2.56. The van der Waals surface area contributed by atoms with Gasteiger partial charge in [0.2, 0.25) is 0 Å². The Bertz CT molecular complexity index is 402. The maximum absolute atomic E-state index is 13.2. The third-order valence-electron chi connectivity index (χ3n) is 1.62. The second kappa shape index (κ2) is 4.18. The zero-order valence-electron chi connectivity index (χ0n) is 7.02. The molecule has 1 aromatic carbocycles. The normalized spacial score (nSPS) is 12.3. The monoisotopic (exact) mass is 285 g/mol. The zero-order valence-corrected chi connectivity index (χ0v) is 8.60. The first-order chi connectivity index (χ1) is 6.88. The molecule has 82 valence electrons. The van der Waals surface area contributed by atoms with Crippen LogP contribution in [0.25, 0.3) is 0 Å². The minimum atomic E-state index is -4.70. The van der Waals surface area contributed by atoms with Crippen molar-refractivity contribution in [2.75, 3.05) is 0 Å². The topological polar surface area (TPSA) is 32.6 Å². The molecule has 0 bridgehead atoms. The van der Waals surface area contributed by atoms with Gasteiger partial charge in [0, 0.05) is 5.56 Å². The largest absolute Gasteiger partial charge is 0.417 e. The van der Waals surface area contributed by atoms with Gasteiger partial charge < -0.3 is 5.21 Å². The molecule has 1 N–H and O–H groups in total. The Kier molecular flexibility index (Phi) is 3.33. The smallest absolute Gasteiger partial charge is 0.411 e. The predicted octanol–water partition coefficient (Wildman–Crippen LogP) is 3.42. The third-order valence-corrected chi connectivity index (χ3v) is 2.24. The molecule has 15 heavy (non-hydrogen) atoms. The fraction of sp³-hybridized carbons (Fsp3) is 0.125. The molecule has 1 aromatic rings. The molecule has 0 saturated heterocycles. The molecule has 0 saturated carbocycles. The first kappa shape index (κ1) is 12.0. The number of benzene rings is 1. The Hall–Kier alpha value is -1.11. The van der Waals surface area contributed by atoms with Crippen LogP contribution >= 0.6 is 15.9 Å². The first-order valence-corrected chi connectivity index (χ1v) is 4.40. The molecule has 0 aliphatic carbocycles. The third kappa shape index (κ3) is 2.47. The Morgan fingerprint density at radius 1 is 1.33 bits per heavy atom. The summed E-state index contributed by atoms with van der Waals surface area (Å²) >= 11 is 2.73. The predicted molar refractivity (Wildman–Crippen MR) is 48.5 cm³/mol. The highest BCUT2D eigenvalue weighted by molar-refractivity contribution is 9.10. The van der Waals surface area contributed by atoms with E-state index in [1.165, 1.54) is 0 Å². The molecule has 1 rings (SSSR count). The minimum absolute atomic E-state index is 0.134. The van der Waals surface area contributed by atoms with E-state index in [2.05, 4.69) is 21.1 Å². The van der Waals surface area contributed by atoms with Gasteiger partial charge in [0.1, 0.15) is 5.82 Å². The van der Waals surface area contributed by atoms with Crippen molar-refractivity contribution >= 4 is 22.1 Å². The Morgan fingerprint density at radius 3 is 2.40 bits per heavy atom. The number of oxime groups is 1. The van der Waals surface area contributed by atoms with Crippen LogP contribution in [0.4, 0.5) is 17.6 Å². The molecule has 0 unspecified atom stereocenters. The lowest BCUT2D eigenvalue weighted by atomic mass is 10.1. The average Bonchev–Trinajstić information content (AvgIpc) is 2.11. The first-order valence-electron chi connectivity index (χ1n) is 3.60. The fourth-order valence-electron chi connectivity index (χ4n) is 0.997. The van der Waals surface area contributed by atoms with Crippen LogP contribution in [-0.4, -0.2) is 11.4 Å². The molecule has 0 aromatic heterocycles. The zero-order chi connectivity index (χ0) is 11.6. The maximum Gasteiger partial charge on any atom is 0.417 e. The summed E-state index contributed by atoms with van der Waals surface area (Å²) in [6.07, 6.45) is -4.29. The summed E-state index contributed by atoms with van der Waals surface area (Å²) in [4.78, 5) is 0. The molecule has 0 fully saturated rings. The van der Waals surface area contributed by atoms with Crippen LogP contribution in [0, 0.1) is 5.82 Å². The van der Waals surface area contributed by atoms with E-state index in [-0.39, 0.29) is 4.47 Å². The molecule has 0 aliphatic rings. The average molecular weight is 286 g/mol. The Morgan fingerprint density at radius 2 is 1.93 bits per heavy atom. The molecule has 0 spiro atoms. The van der Waals surface area contributed by atoms with E-state index >= 15 is 0 Å². The van der Waals surface area contributed by atoms with Crippen molar-refractivity contribution in [3.63, 3.8) is 0 Å². The van der Waals surface area contributed by atoms with E-state index in [4.69, 9.17) is 5.21 Å². The van der Waals surface area contributed by atoms with Gasteiger partial charge in [-0.1, -0.05) is 5.16 Å². The van der Waals surface area contributed by atoms with Gasteiger partial charge in [-0.25, -0.2) is 4.39 Å². The van der Waals surface area contributed by atoms with Crippen LogP contribution < -0.4 is 0 Å². The minimum Gasteiger partial charge on any atom is -0.411 e. The molecule has 7 heteroatoms. The van der Waals surface area contributed by atoms with Crippen molar-refractivity contribution in [3.8, 4) is 0 Å². The fourth-order valence-corrected chi connectivity index (χ4v) is 1.34. The lowest BCUT2D eigenvalue weighted by Crippen LogP contribution is -2.10. The molecular weight excluding hydrogens is 282 g/mol. The van der Waals surface area contributed by atoms with Crippen LogP contribution in [0.15, 0.2) is 21.8 Å². The lowest BCUT2D eigenvalue weighted by molar-refractivity contribution is -0.137. The molecule has 0 radical (unpaired) electrons. The van der Waals surface area contributed by atoms with Crippen molar-refractivity contribution in [1.82, 2.24) is 0 Å². The van der Waals surface area contributed by atoms with E-state index in [1.807, 2.05) is 0 Å². The summed E-state index contributed by atoms with van der Waals surface area (Å²) in [5, 5.41) is 10.5. The Balaban J connectivity index is 3.47. The van der Waals surface area contributed by atoms with Gasteiger partial charge in [0.15, 0.2) is 0 Å². The van der Waals surface area contributed by atoms with Crippen molar-refractivity contribution < 1.29 is 22.8 Å². The van der Waals surface area contributed by atoms with Crippen molar-refractivity contribution in [2.45, 2.75) is 6.18 Å². The van der Waals surface area contributed by atoms with E-state index in [0.717, 1.165) is 6.07 Å². The van der Waals surface area contributed by atoms with Crippen LogP contribution in [0.3, 0.4) is 0 Å². The quantitative estimate of drug-likeness (QED) is 0.365.